The fourth-order valence-electron chi connectivity index (χ4n) is 4.82. The van der Waals surface area contributed by atoms with Gasteiger partial charge in [-0.2, -0.15) is 0 Å². The number of morpholine rings is 1. The maximum atomic E-state index is 12.3. The Morgan fingerprint density at radius 3 is 2.68 bits per heavy atom. The lowest BCUT2D eigenvalue weighted by molar-refractivity contribution is -0.126. The van der Waals surface area contributed by atoms with E-state index in [0.29, 0.717) is 24.0 Å². The van der Waals surface area contributed by atoms with Crippen molar-refractivity contribution < 1.29 is 9.53 Å². The minimum absolute atomic E-state index is 0. The maximum absolute atomic E-state index is 12.3. The van der Waals surface area contributed by atoms with Crippen molar-refractivity contribution in [2.24, 2.45) is 11.8 Å². The van der Waals surface area contributed by atoms with E-state index in [1.54, 1.807) is 0 Å². The molecule has 1 saturated heterocycles. The first kappa shape index (κ1) is 20.9. The van der Waals surface area contributed by atoms with E-state index in [0.717, 1.165) is 39.0 Å². The Morgan fingerprint density at radius 2 is 1.96 bits per heavy atom. The molecule has 25 heavy (non-hydrogen) atoms. The number of hydrogen-bond donors (Lipinski definition) is 3. The lowest BCUT2D eigenvalue weighted by Crippen LogP contribution is -2.53. The normalized spacial score (nSPS) is 36.0. The molecule has 3 rings (SSSR count). The van der Waals surface area contributed by atoms with Crippen LogP contribution in [0.1, 0.15) is 58.8 Å². The van der Waals surface area contributed by atoms with E-state index in [1.165, 1.54) is 25.7 Å². The second-order valence-corrected chi connectivity index (χ2v) is 8.23. The highest BCUT2D eigenvalue weighted by Gasteiger charge is 2.37. The first-order valence-electron chi connectivity index (χ1n) is 10.0. The minimum atomic E-state index is 0. The van der Waals surface area contributed by atoms with E-state index < -0.39 is 0 Å². The van der Waals surface area contributed by atoms with Gasteiger partial charge < -0.3 is 20.7 Å². The van der Waals surface area contributed by atoms with Crippen molar-refractivity contribution in [2.45, 2.75) is 83.0 Å². The van der Waals surface area contributed by atoms with Gasteiger partial charge in [-0.05, 0) is 51.9 Å². The van der Waals surface area contributed by atoms with Crippen LogP contribution in [0, 0.1) is 11.8 Å². The topological polar surface area (TPSA) is 62.4 Å². The van der Waals surface area contributed by atoms with Gasteiger partial charge in [0.2, 0.25) is 5.91 Å². The van der Waals surface area contributed by atoms with Crippen LogP contribution in [0.3, 0.4) is 0 Å². The summed E-state index contributed by atoms with van der Waals surface area (Å²) < 4.78 is 5.68. The largest absolute Gasteiger partial charge is 0.379 e. The zero-order chi connectivity index (χ0) is 16.9. The van der Waals surface area contributed by atoms with E-state index >= 15 is 0 Å². The van der Waals surface area contributed by atoms with Gasteiger partial charge in [0.1, 0.15) is 0 Å². The molecule has 0 radical (unpaired) electrons. The molecule has 1 heterocycles. The number of nitrogens with one attached hydrogen (secondary N) is 3. The third kappa shape index (κ3) is 5.81. The van der Waals surface area contributed by atoms with E-state index in [1.807, 2.05) is 13.8 Å². The first-order chi connectivity index (χ1) is 11.6. The molecule has 1 amide bonds. The van der Waals surface area contributed by atoms with Crippen LogP contribution in [0.4, 0.5) is 0 Å². The summed E-state index contributed by atoms with van der Waals surface area (Å²) in [7, 11) is 0. The predicted molar refractivity (Wildman–Crippen MR) is 103 cm³/mol. The molecule has 1 aliphatic heterocycles. The minimum Gasteiger partial charge on any atom is -0.379 e. The van der Waals surface area contributed by atoms with Crippen molar-refractivity contribution in [1.82, 2.24) is 16.0 Å². The van der Waals surface area contributed by atoms with E-state index in [2.05, 4.69) is 16.0 Å². The summed E-state index contributed by atoms with van der Waals surface area (Å²) >= 11 is 0. The van der Waals surface area contributed by atoms with Crippen molar-refractivity contribution in [3.8, 4) is 0 Å². The molecular formula is C19H36ClN3O2. The van der Waals surface area contributed by atoms with Gasteiger partial charge in [0, 0.05) is 36.6 Å². The van der Waals surface area contributed by atoms with Crippen molar-refractivity contribution in [3.05, 3.63) is 0 Å². The molecule has 3 aliphatic rings. The van der Waals surface area contributed by atoms with Gasteiger partial charge in [0.15, 0.2) is 0 Å². The molecule has 0 aromatic carbocycles. The van der Waals surface area contributed by atoms with E-state index in [-0.39, 0.29) is 30.3 Å². The third-order valence-electron chi connectivity index (χ3n) is 5.96. The smallest absolute Gasteiger partial charge is 0.223 e. The molecule has 3 fully saturated rings. The SMILES string of the molecule is CC(C)NC(=O)C1CCCC(NC2CCCC2C2COCCN2)C1.Cl. The molecule has 5 nitrogen and oxygen atoms in total. The zero-order valence-electron chi connectivity index (χ0n) is 15.8. The van der Waals surface area contributed by atoms with Gasteiger partial charge in [0.25, 0.3) is 0 Å². The van der Waals surface area contributed by atoms with Gasteiger partial charge in [-0.3, -0.25) is 4.79 Å². The summed E-state index contributed by atoms with van der Waals surface area (Å²) in [5.41, 5.74) is 0. The summed E-state index contributed by atoms with van der Waals surface area (Å²) in [4.78, 5) is 12.3. The summed E-state index contributed by atoms with van der Waals surface area (Å²) in [5, 5.41) is 10.7. The summed E-state index contributed by atoms with van der Waals surface area (Å²) in [6, 6.07) is 1.82. The lowest BCUT2D eigenvalue weighted by atomic mass is 9.83. The Bertz CT molecular complexity index is 415. The Labute approximate surface area is 158 Å². The summed E-state index contributed by atoms with van der Waals surface area (Å²) in [5.74, 6) is 1.12. The Hall–Kier alpha value is -0.360. The van der Waals surface area contributed by atoms with Crippen LogP contribution in [0.25, 0.3) is 0 Å². The van der Waals surface area contributed by atoms with Crippen LogP contribution < -0.4 is 16.0 Å². The standard InChI is InChI=1S/C19H35N3O2.ClH/c1-13(2)21-19(23)14-5-3-6-15(11-14)22-17-8-4-7-16(17)18-12-24-10-9-20-18;/h13-18,20,22H,3-12H2,1-2H3,(H,21,23);1H. The molecule has 2 aliphatic carbocycles. The van der Waals surface area contributed by atoms with Gasteiger partial charge in [-0.15, -0.1) is 12.4 Å². The quantitative estimate of drug-likeness (QED) is 0.691. The molecule has 5 atom stereocenters. The average molecular weight is 374 g/mol. The predicted octanol–water partition coefficient (Wildman–Crippen LogP) is 2.24. The van der Waals surface area contributed by atoms with Gasteiger partial charge in [-0.25, -0.2) is 0 Å². The lowest BCUT2D eigenvalue weighted by Gasteiger charge is -2.37. The number of carbonyl (C=O) groups is 1. The van der Waals surface area contributed by atoms with Crippen molar-refractivity contribution in [2.75, 3.05) is 19.8 Å². The van der Waals surface area contributed by atoms with Crippen LogP contribution in [0.5, 0.6) is 0 Å². The molecule has 5 unspecified atom stereocenters. The zero-order valence-corrected chi connectivity index (χ0v) is 16.6. The van der Waals surface area contributed by atoms with Crippen molar-refractivity contribution >= 4 is 18.3 Å². The number of carbonyl (C=O) groups excluding carboxylic acids is 1. The molecule has 3 N–H and O–H groups in total. The number of ether oxygens (including phenoxy) is 1. The maximum Gasteiger partial charge on any atom is 0.223 e. The molecule has 6 heteroatoms. The average Bonchev–Trinajstić information content (AvgIpc) is 3.03. The van der Waals surface area contributed by atoms with Crippen LogP contribution in [-0.2, 0) is 9.53 Å². The fraction of sp³-hybridized carbons (Fsp3) is 0.947. The molecule has 2 saturated carbocycles. The Morgan fingerprint density at radius 1 is 1.16 bits per heavy atom. The van der Waals surface area contributed by atoms with Crippen LogP contribution in [0.15, 0.2) is 0 Å². The summed E-state index contributed by atoms with van der Waals surface area (Å²) in [6.07, 6.45) is 8.29. The van der Waals surface area contributed by atoms with Crippen molar-refractivity contribution in [3.63, 3.8) is 0 Å². The number of hydrogen-bond acceptors (Lipinski definition) is 4. The molecular weight excluding hydrogens is 338 g/mol. The second-order valence-electron chi connectivity index (χ2n) is 8.23. The Balaban J connectivity index is 0.00000225. The van der Waals surface area contributed by atoms with Gasteiger partial charge in [0.05, 0.1) is 13.2 Å². The highest BCUT2D eigenvalue weighted by molar-refractivity contribution is 5.85. The summed E-state index contributed by atoms with van der Waals surface area (Å²) in [6.45, 7) is 6.76. The van der Waals surface area contributed by atoms with Crippen LogP contribution in [0.2, 0.25) is 0 Å². The van der Waals surface area contributed by atoms with Gasteiger partial charge >= 0.3 is 0 Å². The molecule has 146 valence electrons. The second kappa shape index (κ2) is 10.1. The highest BCUT2D eigenvalue weighted by atomic mass is 35.5. The Kier molecular flexibility index (Phi) is 8.46. The fourth-order valence-corrected chi connectivity index (χ4v) is 4.82. The number of rotatable bonds is 5. The monoisotopic (exact) mass is 373 g/mol. The van der Waals surface area contributed by atoms with Crippen LogP contribution in [-0.4, -0.2) is 49.8 Å². The highest BCUT2D eigenvalue weighted by Crippen LogP contribution is 2.32. The van der Waals surface area contributed by atoms with Crippen molar-refractivity contribution in [1.29, 1.82) is 0 Å². The number of amides is 1. The molecule has 0 aromatic rings. The molecule has 0 aromatic heterocycles. The number of halogens is 1. The molecule has 0 bridgehead atoms. The van der Waals surface area contributed by atoms with E-state index in [9.17, 15) is 4.79 Å². The molecule has 0 spiro atoms. The third-order valence-corrected chi connectivity index (χ3v) is 5.96. The van der Waals surface area contributed by atoms with E-state index in [4.69, 9.17) is 4.74 Å². The van der Waals surface area contributed by atoms with Gasteiger partial charge in [-0.1, -0.05) is 12.8 Å². The van der Waals surface area contributed by atoms with Crippen LogP contribution >= 0.6 is 12.4 Å². The first-order valence-corrected chi connectivity index (χ1v) is 10.0.